The molecule has 0 radical (unpaired) electrons. The van der Waals surface area contributed by atoms with Crippen LogP contribution in [0.25, 0.3) is 0 Å². The van der Waals surface area contributed by atoms with Crippen molar-refractivity contribution in [2.75, 3.05) is 0 Å². The first-order valence-electron chi connectivity index (χ1n) is 5.15. The Bertz CT molecular complexity index is 283. The van der Waals surface area contributed by atoms with Crippen molar-refractivity contribution in [3.8, 4) is 5.75 Å². The lowest BCUT2D eigenvalue weighted by atomic mass is 10.1. The molecule has 1 rings (SSSR count). The molecule has 78 valence electrons. The lowest BCUT2D eigenvalue weighted by Crippen LogP contribution is -2.10. The van der Waals surface area contributed by atoms with Gasteiger partial charge < -0.3 is 10.5 Å². The molecule has 1 aromatic rings. The van der Waals surface area contributed by atoms with Crippen LogP contribution in [0.2, 0.25) is 0 Å². The first kappa shape index (κ1) is 11.1. The molecule has 0 aliphatic rings. The van der Waals surface area contributed by atoms with Crippen molar-refractivity contribution in [2.24, 2.45) is 5.73 Å². The molecule has 0 bridgehead atoms. The van der Waals surface area contributed by atoms with Crippen LogP contribution in [0.4, 0.5) is 0 Å². The molecule has 1 aromatic carbocycles. The number of rotatable bonds is 4. The van der Waals surface area contributed by atoms with Gasteiger partial charge in [-0.15, -0.1) is 0 Å². The fraction of sp³-hybridized carbons (Fsp3) is 0.500. The molecule has 14 heavy (non-hydrogen) atoms. The largest absolute Gasteiger partial charge is 0.491 e. The molecule has 2 atom stereocenters. The van der Waals surface area contributed by atoms with Crippen LogP contribution in [-0.2, 0) is 0 Å². The molecule has 0 fully saturated rings. The lowest BCUT2D eigenvalue weighted by molar-refractivity contribution is 0.217. The number of benzene rings is 1. The zero-order valence-corrected chi connectivity index (χ0v) is 9.16. The van der Waals surface area contributed by atoms with Gasteiger partial charge in [0, 0.05) is 6.04 Å². The molecule has 0 amide bonds. The van der Waals surface area contributed by atoms with Gasteiger partial charge in [0.25, 0.3) is 0 Å². The van der Waals surface area contributed by atoms with Gasteiger partial charge in [-0.1, -0.05) is 19.1 Å². The Hall–Kier alpha value is -1.02. The third-order valence-electron chi connectivity index (χ3n) is 2.30. The zero-order chi connectivity index (χ0) is 10.6. The van der Waals surface area contributed by atoms with Crippen molar-refractivity contribution < 1.29 is 4.74 Å². The maximum Gasteiger partial charge on any atom is 0.120 e. The third-order valence-corrected chi connectivity index (χ3v) is 2.30. The van der Waals surface area contributed by atoms with E-state index in [9.17, 15) is 0 Å². The van der Waals surface area contributed by atoms with Crippen molar-refractivity contribution in [1.82, 2.24) is 0 Å². The van der Waals surface area contributed by atoms with Gasteiger partial charge in [-0.25, -0.2) is 0 Å². The predicted molar refractivity (Wildman–Crippen MR) is 59.4 cm³/mol. The monoisotopic (exact) mass is 193 g/mol. The smallest absolute Gasteiger partial charge is 0.120 e. The lowest BCUT2D eigenvalue weighted by Gasteiger charge is -2.14. The van der Waals surface area contributed by atoms with Gasteiger partial charge in [0.15, 0.2) is 0 Å². The SMILES string of the molecule is CC[C@H](C)Oc1cccc([C@H](C)N)c1. The highest BCUT2D eigenvalue weighted by Crippen LogP contribution is 2.19. The van der Waals surface area contributed by atoms with Crippen LogP contribution < -0.4 is 10.5 Å². The van der Waals surface area contributed by atoms with E-state index in [1.54, 1.807) is 0 Å². The minimum atomic E-state index is 0.0653. The Morgan fingerprint density at radius 3 is 2.64 bits per heavy atom. The van der Waals surface area contributed by atoms with Gasteiger partial charge in [0.2, 0.25) is 0 Å². The molecule has 2 N–H and O–H groups in total. The number of nitrogens with two attached hydrogens (primary N) is 1. The topological polar surface area (TPSA) is 35.2 Å². The normalized spacial score (nSPS) is 14.9. The van der Waals surface area contributed by atoms with E-state index in [2.05, 4.69) is 13.8 Å². The van der Waals surface area contributed by atoms with Crippen molar-refractivity contribution in [1.29, 1.82) is 0 Å². The molecule has 0 spiro atoms. The summed E-state index contributed by atoms with van der Waals surface area (Å²) < 4.78 is 5.70. The highest BCUT2D eigenvalue weighted by atomic mass is 16.5. The predicted octanol–water partition coefficient (Wildman–Crippen LogP) is 2.88. The van der Waals surface area contributed by atoms with Crippen molar-refractivity contribution >= 4 is 0 Å². The highest BCUT2D eigenvalue weighted by Gasteiger charge is 2.03. The summed E-state index contributed by atoms with van der Waals surface area (Å²) in [5.41, 5.74) is 6.91. The molecule has 2 nitrogen and oxygen atoms in total. The minimum Gasteiger partial charge on any atom is -0.491 e. The van der Waals surface area contributed by atoms with E-state index < -0.39 is 0 Å². The van der Waals surface area contributed by atoms with E-state index in [0.717, 1.165) is 17.7 Å². The summed E-state index contributed by atoms with van der Waals surface area (Å²) in [7, 11) is 0. The van der Waals surface area contributed by atoms with E-state index in [1.165, 1.54) is 0 Å². The minimum absolute atomic E-state index is 0.0653. The van der Waals surface area contributed by atoms with Crippen LogP contribution in [0.3, 0.4) is 0 Å². The first-order chi connectivity index (χ1) is 6.63. The number of hydrogen-bond donors (Lipinski definition) is 1. The molecule has 0 heterocycles. The molecule has 2 heteroatoms. The van der Waals surface area contributed by atoms with Crippen LogP contribution in [0, 0.1) is 0 Å². The Labute approximate surface area is 86.1 Å². The van der Waals surface area contributed by atoms with Crippen LogP contribution in [-0.4, -0.2) is 6.10 Å². The maximum absolute atomic E-state index is 5.79. The zero-order valence-electron chi connectivity index (χ0n) is 9.16. The second-order valence-corrected chi connectivity index (χ2v) is 3.70. The second kappa shape index (κ2) is 5.01. The van der Waals surface area contributed by atoms with Crippen molar-refractivity contribution in [2.45, 2.75) is 39.3 Å². The average molecular weight is 193 g/mol. The van der Waals surface area contributed by atoms with Crippen LogP contribution >= 0.6 is 0 Å². The van der Waals surface area contributed by atoms with E-state index in [0.29, 0.717) is 0 Å². The molecular formula is C12H19NO. The Morgan fingerprint density at radius 1 is 1.36 bits per heavy atom. The van der Waals surface area contributed by atoms with Crippen molar-refractivity contribution in [3.63, 3.8) is 0 Å². The number of hydrogen-bond acceptors (Lipinski definition) is 2. The molecule has 0 aliphatic heterocycles. The summed E-state index contributed by atoms with van der Waals surface area (Å²) >= 11 is 0. The number of ether oxygens (including phenoxy) is 1. The Balaban J connectivity index is 2.73. The van der Waals surface area contributed by atoms with Crippen LogP contribution in [0.1, 0.15) is 38.8 Å². The van der Waals surface area contributed by atoms with Crippen LogP contribution in [0.5, 0.6) is 5.75 Å². The quantitative estimate of drug-likeness (QED) is 0.798. The molecular weight excluding hydrogens is 174 g/mol. The summed E-state index contributed by atoms with van der Waals surface area (Å²) in [6.07, 6.45) is 1.28. The molecule has 0 saturated carbocycles. The summed E-state index contributed by atoms with van der Waals surface area (Å²) in [5, 5.41) is 0. The van der Waals surface area contributed by atoms with Crippen molar-refractivity contribution in [3.05, 3.63) is 29.8 Å². The van der Waals surface area contributed by atoms with E-state index in [1.807, 2.05) is 31.2 Å². The molecule has 0 unspecified atom stereocenters. The fourth-order valence-electron chi connectivity index (χ4n) is 1.19. The highest BCUT2D eigenvalue weighted by molar-refractivity contribution is 5.30. The van der Waals surface area contributed by atoms with Gasteiger partial charge in [0.1, 0.15) is 5.75 Å². The van der Waals surface area contributed by atoms with E-state index >= 15 is 0 Å². The van der Waals surface area contributed by atoms with Crippen LogP contribution in [0.15, 0.2) is 24.3 Å². The summed E-state index contributed by atoms with van der Waals surface area (Å²) in [4.78, 5) is 0. The molecule has 0 saturated heterocycles. The summed E-state index contributed by atoms with van der Waals surface area (Å²) in [6.45, 7) is 6.15. The second-order valence-electron chi connectivity index (χ2n) is 3.70. The van der Waals surface area contributed by atoms with E-state index in [-0.39, 0.29) is 12.1 Å². The third kappa shape index (κ3) is 3.04. The van der Waals surface area contributed by atoms with Gasteiger partial charge in [-0.05, 0) is 38.0 Å². The standard InChI is InChI=1S/C12H19NO/c1-4-9(2)14-12-7-5-6-11(8-12)10(3)13/h5-10H,4,13H2,1-3H3/t9-,10-/m0/s1. The average Bonchev–Trinajstić information content (AvgIpc) is 2.18. The molecule has 0 aliphatic carbocycles. The van der Waals surface area contributed by atoms with Gasteiger partial charge >= 0.3 is 0 Å². The fourth-order valence-corrected chi connectivity index (χ4v) is 1.19. The first-order valence-corrected chi connectivity index (χ1v) is 5.15. The van der Waals surface area contributed by atoms with Gasteiger partial charge in [0.05, 0.1) is 6.10 Å². The van der Waals surface area contributed by atoms with Gasteiger partial charge in [-0.2, -0.15) is 0 Å². The van der Waals surface area contributed by atoms with Gasteiger partial charge in [-0.3, -0.25) is 0 Å². The Morgan fingerprint density at radius 2 is 2.07 bits per heavy atom. The molecule has 0 aromatic heterocycles. The maximum atomic E-state index is 5.79. The summed E-state index contributed by atoms with van der Waals surface area (Å²) in [6, 6.07) is 8.05. The van der Waals surface area contributed by atoms with E-state index in [4.69, 9.17) is 10.5 Å². The summed E-state index contributed by atoms with van der Waals surface area (Å²) in [5.74, 6) is 0.911. The Kier molecular flexibility index (Phi) is 3.96.